The Labute approximate surface area is 225 Å². The third kappa shape index (κ3) is 8.85. The van der Waals surface area contributed by atoms with E-state index in [4.69, 9.17) is 21.1 Å². The number of hydrogen-bond acceptors (Lipinski definition) is 6. The number of benzene rings is 3. The number of carbonyl (C=O) groups excluding carboxylic acids is 2. The molecule has 2 amide bonds. The number of hydrazone groups is 1. The van der Waals surface area contributed by atoms with Gasteiger partial charge in [0.15, 0.2) is 18.1 Å². The molecule has 0 aromatic heterocycles. The van der Waals surface area contributed by atoms with Crippen LogP contribution < -0.4 is 20.2 Å². The lowest BCUT2D eigenvalue weighted by Crippen LogP contribution is -2.20. The summed E-state index contributed by atoms with van der Waals surface area (Å²) in [5, 5.41) is 7.27. The van der Waals surface area contributed by atoms with E-state index in [2.05, 4.69) is 31.8 Å². The molecule has 7 nitrogen and oxygen atoms in total. The van der Waals surface area contributed by atoms with Crippen molar-refractivity contribution >= 4 is 63.0 Å². The van der Waals surface area contributed by atoms with E-state index in [1.807, 2.05) is 19.1 Å². The minimum absolute atomic E-state index is 0.192. The maximum atomic E-state index is 13.0. The van der Waals surface area contributed by atoms with Crippen molar-refractivity contribution in [3.8, 4) is 11.5 Å². The molecule has 0 fully saturated rings. The van der Waals surface area contributed by atoms with Crippen LogP contribution in [0.2, 0.25) is 5.02 Å². The van der Waals surface area contributed by atoms with Crippen LogP contribution in [0.4, 0.5) is 10.1 Å². The van der Waals surface area contributed by atoms with Crippen LogP contribution in [0.25, 0.3) is 0 Å². The van der Waals surface area contributed by atoms with Crippen molar-refractivity contribution in [2.24, 2.45) is 5.10 Å². The summed E-state index contributed by atoms with van der Waals surface area (Å²) in [7, 11) is 0. The second-order valence-electron chi connectivity index (χ2n) is 7.13. The van der Waals surface area contributed by atoms with Gasteiger partial charge in [0.2, 0.25) is 5.91 Å². The smallest absolute Gasteiger partial charge is 0.262 e. The minimum Gasteiger partial charge on any atom is -0.490 e. The van der Waals surface area contributed by atoms with E-state index in [9.17, 15) is 14.0 Å². The third-order valence-electron chi connectivity index (χ3n) is 4.43. The van der Waals surface area contributed by atoms with Crippen molar-refractivity contribution in [3.63, 3.8) is 0 Å². The lowest BCUT2D eigenvalue weighted by Gasteiger charge is -2.14. The highest BCUT2D eigenvalue weighted by molar-refractivity contribution is 9.10. The first-order valence-electron chi connectivity index (χ1n) is 10.7. The summed E-state index contributed by atoms with van der Waals surface area (Å²) in [4.78, 5) is 25.2. The Kier molecular flexibility index (Phi) is 10.6. The van der Waals surface area contributed by atoms with Crippen LogP contribution in [0, 0.1) is 5.82 Å². The van der Waals surface area contributed by atoms with Crippen molar-refractivity contribution in [1.82, 2.24) is 5.43 Å². The van der Waals surface area contributed by atoms with Gasteiger partial charge >= 0.3 is 0 Å². The SMILES string of the molecule is CCOc1cc(/C=N\NC(=O)CSc2ccc(Cl)cc2)c(Br)cc1OCC(=O)Nc1ccc(F)cc1. The molecule has 0 aliphatic rings. The highest BCUT2D eigenvalue weighted by atomic mass is 79.9. The molecule has 11 heteroatoms. The Balaban J connectivity index is 1.56. The van der Waals surface area contributed by atoms with Crippen LogP contribution in [-0.2, 0) is 9.59 Å². The molecular formula is C25H22BrClFN3O4S. The Morgan fingerprint density at radius 1 is 1.06 bits per heavy atom. The second-order valence-corrected chi connectivity index (χ2v) is 9.47. The molecular weight excluding hydrogens is 573 g/mol. The van der Waals surface area contributed by atoms with E-state index in [1.54, 1.807) is 24.3 Å². The van der Waals surface area contributed by atoms with Crippen molar-refractivity contribution < 1.29 is 23.5 Å². The van der Waals surface area contributed by atoms with Gasteiger partial charge < -0.3 is 14.8 Å². The molecule has 0 unspecified atom stereocenters. The zero-order valence-corrected chi connectivity index (χ0v) is 22.3. The lowest BCUT2D eigenvalue weighted by molar-refractivity contribution is -0.119. The molecule has 188 valence electrons. The molecule has 0 saturated heterocycles. The van der Waals surface area contributed by atoms with E-state index in [1.165, 1.54) is 42.2 Å². The Morgan fingerprint density at radius 3 is 2.44 bits per heavy atom. The van der Waals surface area contributed by atoms with Gasteiger partial charge in [-0.1, -0.05) is 11.6 Å². The summed E-state index contributed by atoms with van der Waals surface area (Å²) < 4.78 is 24.9. The summed E-state index contributed by atoms with van der Waals surface area (Å²) >= 11 is 10.7. The molecule has 0 aliphatic carbocycles. The molecule has 36 heavy (non-hydrogen) atoms. The Morgan fingerprint density at radius 2 is 1.75 bits per heavy atom. The van der Waals surface area contributed by atoms with Gasteiger partial charge in [-0.05, 0) is 83.5 Å². The predicted molar refractivity (Wildman–Crippen MR) is 144 cm³/mol. The van der Waals surface area contributed by atoms with E-state index in [0.717, 1.165) is 4.90 Å². The molecule has 0 aliphatic heterocycles. The summed E-state index contributed by atoms with van der Waals surface area (Å²) in [6.07, 6.45) is 1.47. The van der Waals surface area contributed by atoms with Crippen molar-refractivity contribution in [3.05, 3.63) is 81.5 Å². The maximum absolute atomic E-state index is 13.0. The number of nitrogens with zero attached hydrogens (tertiary/aromatic N) is 1. The molecule has 0 atom stereocenters. The van der Waals surface area contributed by atoms with E-state index in [0.29, 0.717) is 38.9 Å². The second kappa shape index (κ2) is 13.9. The fourth-order valence-electron chi connectivity index (χ4n) is 2.79. The van der Waals surface area contributed by atoms with Crippen LogP contribution in [-0.4, -0.2) is 37.0 Å². The molecule has 3 rings (SSSR count). The highest BCUT2D eigenvalue weighted by Gasteiger charge is 2.13. The number of carbonyl (C=O) groups is 2. The molecule has 0 spiro atoms. The van der Waals surface area contributed by atoms with Crippen molar-refractivity contribution in [2.45, 2.75) is 11.8 Å². The summed E-state index contributed by atoms with van der Waals surface area (Å²) in [5.41, 5.74) is 3.57. The first-order chi connectivity index (χ1) is 17.3. The predicted octanol–water partition coefficient (Wildman–Crippen LogP) is 5.90. The summed E-state index contributed by atoms with van der Waals surface area (Å²) in [5.74, 6) is -0.128. The number of anilines is 1. The standard InChI is InChI=1S/C25H22BrClFN3O4S/c1-2-34-22-11-16(13-29-31-25(33)15-36-20-9-3-17(27)4-10-20)21(26)12-23(22)35-14-24(32)30-19-7-5-18(28)6-8-19/h3-13H,2,14-15H2,1H3,(H,30,32)(H,31,33)/b29-13-. The van der Waals surface area contributed by atoms with E-state index >= 15 is 0 Å². The van der Waals surface area contributed by atoms with Gasteiger partial charge in [-0.25, -0.2) is 9.82 Å². The number of thioether (sulfide) groups is 1. The molecule has 3 aromatic carbocycles. The molecule has 0 bridgehead atoms. The van der Waals surface area contributed by atoms with Crippen molar-refractivity contribution in [1.29, 1.82) is 0 Å². The number of halogens is 3. The van der Waals surface area contributed by atoms with Gasteiger partial charge in [0, 0.05) is 25.6 Å². The van der Waals surface area contributed by atoms with Gasteiger partial charge in [-0.3, -0.25) is 9.59 Å². The lowest BCUT2D eigenvalue weighted by atomic mass is 10.2. The first-order valence-corrected chi connectivity index (χ1v) is 12.8. The van der Waals surface area contributed by atoms with Gasteiger partial charge in [0.05, 0.1) is 18.6 Å². The van der Waals surface area contributed by atoms with Crippen LogP contribution in [0.1, 0.15) is 12.5 Å². The van der Waals surface area contributed by atoms with Gasteiger partial charge in [0.1, 0.15) is 5.82 Å². The highest BCUT2D eigenvalue weighted by Crippen LogP contribution is 2.33. The molecule has 0 saturated carbocycles. The van der Waals surface area contributed by atoms with Crippen LogP contribution >= 0.6 is 39.3 Å². The number of hydrogen-bond donors (Lipinski definition) is 2. The molecule has 0 radical (unpaired) electrons. The van der Waals surface area contributed by atoms with Gasteiger partial charge in [0.25, 0.3) is 5.91 Å². The Hall–Kier alpha value is -3.08. The minimum atomic E-state index is -0.412. The average Bonchev–Trinajstić information content (AvgIpc) is 2.86. The fraction of sp³-hybridized carbons (Fsp3) is 0.160. The van der Waals surface area contributed by atoms with E-state index in [-0.39, 0.29) is 18.3 Å². The molecule has 2 N–H and O–H groups in total. The Bertz CT molecular complexity index is 1230. The zero-order valence-electron chi connectivity index (χ0n) is 19.1. The van der Waals surface area contributed by atoms with Crippen LogP contribution in [0.3, 0.4) is 0 Å². The first kappa shape index (κ1) is 27.5. The van der Waals surface area contributed by atoms with E-state index < -0.39 is 11.7 Å². The van der Waals surface area contributed by atoms with Gasteiger partial charge in [-0.15, -0.1) is 11.8 Å². The number of nitrogens with one attached hydrogen (secondary N) is 2. The summed E-state index contributed by atoms with van der Waals surface area (Å²) in [6.45, 7) is 1.91. The number of rotatable bonds is 11. The monoisotopic (exact) mass is 593 g/mol. The quantitative estimate of drug-likeness (QED) is 0.164. The fourth-order valence-corrected chi connectivity index (χ4v) is 4.03. The topological polar surface area (TPSA) is 89.0 Å². The zero-order chi connectivity index (χ0) is 25.9. The van der Waals surface area contributed by atoms with Gasteiger partial charge in [-0.2, -0.15) is 5.10 Å². The normalized spacial score (nSPS) is 10.8. The maximum Gasteiger partial charge on any atom is 0.262 e. The molecule has 3 aromatic rings. The molecule has 0 heterocycles. The number of amides is 2. The summed E-state index contributed by atoms with van der Waals surface area (Å²) in [6, 6.07) is 15.9. The van der Waals surface area contributed by atoms with Crippen LogP contribution in [0.15, 0.2) is 75.1 Å². The average molecular weight is 595 g/mol. The van der Waals surface area contributed by atoms with Crippen LogP contribution in [0.5, 0.6) is 11.5 Å². The van der Waals surface area contributed by atoms with Crippen molar-refractivity contribution in [2.75, 3.05) is 24.3 Å². The third-order valence-corrected chi connectivity index (χ3v) is 6.38. The number of ether oxygens (including phenoxy) is 2. The largest absolute Gasteiger partial charge is 0.490 e.